The summed E-state index contributed by atoms with van der Waals surface area (Å²) in [5.41, 5.74) is 0.124. The lowest BCUT2D eigenvalue weighted by Crippen LogP contribution is -2.33. The number of amides is 1. The van der Waals surface area contributed by atoms with Crippen molar-refractivity contribution in [2.75, 3.05) is 0 Å². The highest BCUT2D eigenvalue weighted by molar-refractivity contribution is 7.89. The molecule has 3 aromatic rings. The molecule has 8 nitrogen and oxygen atoms in total. The Kier molecular flexibility index (Phi) is 6.67. The summed E-state index contributed by atoms with van der Waals surface area (Å²) in [6.07, 6.45) is -4.55. The van der Waals surface area contributed by atoms with Gasteiger partial charge < -0.3 is 5.32 Å². The van der Waals surface area contributed by atoms with Gasteiger partial charge in [0.05, 0.1) is 39.1 Å². The number of rotatable bonds is 6. The summed E-state index contributed by atoms with van der Waals surface area (Å²) < 4.78 is 63.1. The predicted octanol–water partition coefficient (Wildman–Crippen LogP) is 3.22. The maximum atomic E-state index is 13.1. The maximum Gasteiger partial charge on any atom is 0.416 e. The summed E-state index contributed by atoms with van der Waals surface area (Å²) >= 11 is 0. The van der Waals surface area contributed by atoms with Crippen molar-refractivity contribution < 1.29 is 31.2 Å². The highest BCUT2D eigenvalue weighted by atomic mass is 32.2. The number of Topliss-reactive ketones (excluding diaryl/α,β-unsaturated/α-hetero) is 1. The average molecular weight is 494 g/mol. The van der Waals surface area contributed by atoms with Gasteiger partial charge in [-0.2, -0.15) is 18.3 Å². The standard InChI is InChI=1S/C22H21F3N4O4S/c1-12(15-7-9-18(10-8-15)34(26,32)33)27-21(31)20(30)19-13(2)28-29(14(19)3)17-6-4-5-16(11-17)22(23,24)25/h4-12H,1-3H3,(H,27,31)(H2,26,32,33)/t12-/m0/s1. The van der Waals surface area contributed by atoms with Gasteiger partial charge in [0.2, 0.25) is 10.0 Å². The van der Waals surface area contributed by atoms with Crippen LogP contribution in [0, 0.1) is 13.8 Å². The number of aryl methyl sites for hydroxylation is 1. The number of carbonyl (C=O) groups is 2. The van der Waals surface area contributed by atoms with Gasteiger partial charge in [-0.1, -0.05) is 18.2 Å². The Labute approximate surface area is 193 Å². The number of sulfonamides is 1. The molecule has 1 aromatic heterocycles. The van der Waals surface area contributed by atoms with E-state index in [9.17, 15) is 31.2 Å². The van der Waals surface area contributed by atoms with Gasteiger partial charge in [0.25, 0.3) is 11.7 Å². The Morgan fingerprint density at radius 2 is 1.71 bits per heavy atom. The zero-order chi connectivity index (χ0) is 25.4. The summed E-state index contributed by atoms with van der Waals surface area (Å²) in [5, 5.41) is 11.8. The van der Waals surface area contributed by atoms with E-state index in [0.717, 1.165) is 12.1 Å². The van der Waals surface area contributed by atoms with Gasteiger partial charge in [-0.05, 0) is 56.7 Å². The van der Waals surface area contributed by atoms with Crippen molar-refractivity contribution in [1.82, 2.24) is 15.1 Å². The first-order valence-corrected chi connectivity index (χ1v) is 11.5. The van der Waals surface area contributed by atoms with Gasteiger partial charge in [0, 0.05) is 0 Å². The zero-order valence-electron chi connectivity index (χ0n) is 18.3. The summed E-state index contributed by atoms with van der Waals surface area (Å²) in [6, 6.07) is 9.29. The molecule has 0 spiro atoms. The van der Waals surface area contributed by atoms with E-state index in [1.807, 2.05) is 0 Å². The summed E-state index contributed by atoms with van der Waals surface area (Å²) in [7, 11) is -3.87. The Hall–Kier alpha value is -3.51. The van der Waals surface area contributed by atoms with Gasteiger partial charge >= 0.3 is 6.18 Å². The predicted molar refractivity (Wildman–Crippen MR) is 117 cm³/mol. The van der Waals surface area contributed by atoms with Gasteiger partial charge in [0.15, 0.2) is 0 Å². The van der Waals surface area contributed by atoms with E-state index in [1.165, 1.54) is 54.9 Å². The molecule has 180 valence electrons. The maximum absolute atomic E-state index is 13.1. The van der Waals surface area contributed by atoms with Crippen LogP contribution < -0.4 is 10.5 Å². The lowest BCUT2D eigenvalue weighted by molar-refractivity contribution is -0.137. The van der Waals surface area contributed by atoms with Crippen molar-refractivity contribution in [2.45, 2.75) is 37.9 Å². The molecule has 0 saturated heterocycles. The van der Waals surface area contributed by atoms with Crippen LogP contribution in [0.5, 0.6) is 0 Å². The first kappa shape index (κ1) is 25.1. The van der Waals surface area contributed by atoms with E-state index >= 15 is 0 Å². The minimum Gasteiger partial charge on any atom is -0.343 e. The molecule has 3 N–H and O–H groups in total. The minimum absolute atomic E-state index is 0.0216. The first-order valence-electron chi connectivity index (χ1n) is 9.92. The fraction of sp³-hybridized carbons (Fsp3) is 0.227. The van der Waals surface area contributed by atoms with E-state index in [-0.39, 0.29) is 27.5 Å². The fourth-order valence-electron chi connectivity index (χ4n) is 3.44. The monoisotopic (exact) mass is 494 g/mol. The number of nitrogens with one attached hydrogen (secondary N) is 1. The summed E-state index contributed by atoms with van der Waals surface area (Å²) in [6.45, 7) is 4.56. The molecule has 2 aromatic carbocycles. The third-order valence-electron chi connectivity index (χ3n) is 5.20. The van der Waals surface area contributed by atoms with E-state index in [2.05, 4.69) is 10.4 Å². The van der Waals surface area contributed by atoms with Crippen LogP contribution in [0.15, 0.2) is 53.4 Å². The normalized spacial score (nSPS) is 12.9. The van der Waals surface area contributed by atoms with Gasteiger partial charge in [0.1, 0.15) is 0 Å². The molecule has 0 radical (unpaired) electrons. The average Bonchev–Trinajstić information content (AvgIpc) is 3.06. The number of halogens is 3. The van der Waals surface area contributed by atoms with E-state index < -0.39 is 39.5 Å². The molecule has 0 bridgehead atoms. The molecule has 1 amide bonds. The number of benzene rings is 2. The van der Waals surface area contributed by atoms with Crippen molar-refractivity contribution in [3.05, 3.63) is 76.6 Å². The number of primary sulfonamides is 1. The Balaban J connectivity index is 1.84. The van der Waals surface area contributed by atoms with Crippen molar-refractivity contribution in [2.24, 2.45) is 5.14 Å². The fourth-order valence-corrected chi connectivity index (χ4v) is 3.96. The summed E-state index contributed by atoms with van der Waals surface area (Å²) in [5.74, 6) is -1.85. The molecule has 0 saturated carbocycles. The van der Waals surface area contributed by atoms with E-state index in [0.29, 0.717) is 5.56 Å². The molecule has 34 heavy (non-hydrogen) atoms. The number of nitrogens with two attached hydrogens (primary N) is 1. The van der Waals surface area contributed by atoms with Crippen LogP contribution >= 0.6 is 0 Å². The molecule has 1 heterocycles. The molecule has 12 heteroatoms. The second kappa shape index (κ2) is 9.03. The largest absolute Gasteiger partial charge is 0.416 e. The van der Waals surface area contributed by atoms with Crippen molar-refractivity contribution in [3.8, 4) is 5.69 Å². The van der Waals surface area contributed by atoms with Gasteiger partial charge in [-0.3, -0.25) is 9.59 Å². The molecular weight excluding hydrogens is 473 g/mol. The van der Waals surface area contributed by atoms with Crippen LogP contribution in [0.25, 0.3) is 5.69 Å². The highest BCUT2D eigenvalue weighted by Crippen LogP contribution is 2.31. The Morgan fingerprint density at radius 1 is 1.09 bits per heavy atom. The third kappa shape index (κ3) is 5.18. The lowest BCUT2D eigenvalue weighted by Gasteiger charge is -2.14. The Bertz CT molecular complexity index is 1360. The number of ketones is 1. The number of hydrogen-bond acceptors (Lipinski definition) is 5. The van der Waals surface area contributed by atoms with Crippen molar-refractivity contribution in [3.63, 3.8) is 0 Å². The van der Waals surface area contributed by atoms with Crippen LogP contribution in [0.1, 0.15) is 45.8 Å². The molecule has 3 rings (SSSR count). The van der Waals surface area contributed by atoms with Crippen LogP contribution in [0.4, 0.5) is 13.2 Å². The van der Waals surface area contributed by atoms with E-state index in [4.69, 9.17) is 5.14 Å². The lowest BCUT2D eigenvalue weighted by atomic mass is 10.1. The SMILES string of the molecule is Cc1nn(-c2cccc(C(F)(F)F)c2)c(C)c1C(=O)C(=O)N[C@@H](C)c1ccc(S(N)(=O)=O)cc1. The topological polar surface area (TPSA) is 124 Å². The first-order chi connectivity index (χ1) is 15.7. The second-order valence-electron chi connectivity index (χ2n) is 7.64. The molecule has 0 unspecified atom stereocenters. The van der Waals surface area contributed by atoms with E-state index in [1.54, 1.807) is 6.92 Å². The second-order valence-corrected chi connectivity index (χ2v) is 9.21. The Morgan fingerprint density at radius 3 is 2.26 bits per heavy atom. The number of carbonyl (C=O) groups excluding carboxylic acids is 2. The van der Waals surface area contributed by atoms with Crippen molar-refractivity contribution >= 4 is 21.7 Å². The number of alkyl halides is 3. The van der Waals surface area contributed by atoms with Gasteiger partial charge in [-0.15, -0.1) is 0 Å². The third-order valence-corrected chi connectivity index (χ3v) is 6.13. The number of aromatic nitrogens is 2. The molecule has 0 aliphatic heterocycles. The molecule has 0 aliphatic carbocycles. The molecule has 1 atom stereocenters. The van der Waals surface area contributed by atoms with Crippen molar-refractivity contribution in [1.29, 1.82) is 0 Å². The zero-order valence-corrected chi connectivity index (χ0v) is 19.2. The van der Waals surface area contributed by atoms with Crippen LogP contribution in [-0.2, 0) is 21.0 Å². The number of nitrogens with zero attached hydrogens (tertiary/aromatic N) is 2. The van der Waals surface area contributed by atoms with Gasteiger partial charge in [-0.25, -0.2) is 18.2 Å². The van der Waals surface area contributed by atoms with Crippen LogP contribution in [0.2, 0.25) is 0 Å². The van der Waals surface area contributed by atoms with Crippen LogP contribution in [0.3, 0.4) is 0 Å². The number of hydrogen-bond donors (Lipinski definition) is 2. The minimum atomic E-state index is -4.55. The van der Waals surface area contributed by atoms with Crippen LogP contribution in [-0.4, -0.2) is 29.9 Å². The molecular formula is C22H21F3N4O4S. The smallest absolute Gasteiger partial charge is 0.343 e. The molecule has 0 fully saturated rings. The quantitative estimate of drug-likeness (QED) is 0.402. The highest BCUT2D eigenvalue weighted by Gasteiger charge is 2.31. The summed E-state index contributed by atoms with van der Waals surface area (Å²) in [4.78, 5) is 25.4. The molecule has 0 aliphatic rings.